The number of rotatable bonds is 3. The highest BCUT2D eigenvalue weighted by atomic mass is 35.5. The van der Waals surface area contributed by atoms with Gasteiger partial charge >= 0.3 is 6.18 Å². The van der Waals surface area contributed by atoms with Gasteiger partial charge in [0.2, 0.25) is 0 Å². The molecule has 6 nitrogen and oxygen atoms in total. The monoisotopic (exact) mass is 305 g/mol. The van der Waals surface area contributed by atoms with Crippen LogP contribution in [0.5, 0.6) is 0 Å². The predicted molar refractivity (Wildman–Crippen MR) is 62.8 cm³/mol. The fourth-order valence-corrected chi connectivity index (χ4v) is 1.35. The minimum Gasteiger partial charge on any atom is -1.00 e. The van der Waals surface area contributed by atoms with Crippen molar-refractivity contribution in [2.24, 2.45) is 5.10 Å². The molecule has 20 heavy (non-hydrogen) atoms. The summed E-state index contributed by atoms with van der Waals surface area (Å²) >= 11 is 0. The van der Waals surface area contributed by atoms with Crippen LogP contribution in [0.3, 0.4) is 0 Å². The van der Waals surface area contributed by atoms with Gasteiger partial charge in [-0.2, -0.15) is 18.3 Å². The molecular formula is C10H9ClF3N6-. The Morgan fingerprint density at radius 1 is 1.30 bits per heavy atom. The first-order valence-corrected chi connectivity index (χ1v) is 5.09. The average molecular weight is 306 g/mol. The van der Waals surface area contributed by atoms with Crippen LogP contribution >= 0.6 is 0 Å². The van der Waals surface area contributed by atoms with E-state index in [1.165, 1.54) is 24.5 Å². The fraction of sp³-hybridized carbons (Fsp3) is 0.100. The van der Waals surface area contributed by atoms with Gasteiger partial charge in [0.15, 0.2) is 0 Å². The molecule has 1 aromatic carbocycles. The summed E-state index contributed by atoms with van der Waals surface area (Å²) in [6.45, 7) is 0. The Morgan fingerprint density at radius 2 is 2.00 bits per heavy atom. The van der Waals surface area contributed by atoms with E-state index in [0.717, 1.165) is 17.0 Å². The Bertz CT molecular complexity index is 595. The highest BCUT2D eigenvalue weighted by molar-refractivity contribution is 5.82. The van der Waals surface area contributed by atoms with E-state index in [0.29, 0.717) is 0 Å². The predicted octanol–water partition coefficient (Wildman–Crippen LogP) is -1.54. The number of hydrogen-bond acceptors (Lipinski definition) is 5. The van der Waals surface area contributed by atoms with Crippen molar-refractivity contribution in [3.8, 4) is 0 Å². The summed E-state index contributed by atoms with van der Waals surface area (Å²) in [6, 6.07) is 5.08. The van der Waals surface area contributed by atoms with Gasteiger partial charge in [-0.05, 0) is 6.07 Å². The zero-order valence-corrected chi connectivity index (χ0v) is 10.6. The van der Waals surface area contributed by atoms with Crippen LogP contribution in [0.2, 0.25) is 0 Å². The molecule has 0 amide bonds. The van der Waals surface area contributed by atoms with Gasteiger partial charge in [0.1, 0.15) is 6.33 Å². The SMILES string of the molecule is Nn1cnnc1NN=Cc1ccccc1C(F)(F)F.[Cl-]. The number of hydrogen-bond donors (Lipinski definition) is 2. The number of nitrogens with zero attached hydrogens (tertiary/aromatic N) is 4. The number of alkyl halides is 3. The Labute approximate surface area is 117 Å². The van der Waals surface area contributed by atoms with Crippen molar-refractivity contribution in [2.45, 2.75) is 6.18 Å². The number of halogens is 4. The topological polar surface area (TPSA) is 81.1 Å². The van der Waals surface area contributed by atoms with Gasteiger partial charge in [-0.1, -0.05) is 18.2 Å². The van der Waals surface area contributed by atoms with E-state index in [1.807, 2.05) is 0 Å². The molecule has 0 saturated carbocycles. The first-order chi connectivity index (χ1) is 8.98. The quantitative estimate of drug-likeness (QED) is 0.409. The first-order valence-electron chi connectivity index (χ1n) is 5.09. The van der Waals surface area contributed by atoms with Crippen LogP contribution in [0.15, 0.2) is 35.7 Å². The third-order valence-corrected chi connectivity index (χ3v) is 2.21. The zero-order valence-electron chi connectivity index (χ0n) is 9.84. The number of nitrogen functional groups attached to an aromatic ring is 1. The molecular weight excluding hydrogens is 297 g/mol. The Kier molecular flexibility index (Phi) is 4.92. The molecule has 1 aromatic heterocycles. The van der Waals surface area contributed by atoms with Crippen molar-refractivity contribution < 1.29 is 25.6 Å². The van der Waals surface area contributed by atoms with Gasteiger partial charge in [-0.15, -0.1) is 10.2 Å². The summed E-state index contributed by atoms with van der Waals surface area (Å²) in [5, 5.41) is 10.7. The molecule has 0 bridgehead atoms. The summed E-state index contributed by atoms with van der Waals surface area (Å²) in [7, 11) is 0. The summed E-state index contributed by atoms with van der Waals surface area (Å²) in [4.78, 5) is 0. The van der Waals surface area contributed by atoms with Crippen molar-refractivity contribution in [1.82, 2.24) is 14.9 Å². The van der Waals surface area contributed by atoms with Gasteiger partial charge in [0.25, 0.3) is 5.95 Å². The van der Waals surface area contributed by atoms with Gasteiger partial charge in [0.05, 0.1) is 11.8 Å². The van der Waals surface area contributed by atoms with Crippen LogP contribution in [-0.2, 0) is 6.18 Å². The molecule has 2 rings (SSSR count). The fourth-order valence-electron chi connectivity index (χ4n) is 1.35. The van der Waals surface area contributed by atoms with Gasteiger partial charge in [0, 0.05) is 5.56 Å². The van der Waals surface area contributed by atoms with Gasteiger partial charge < -0.3 is 18.2 Å². The molecule has 0 aliphatic heterocycles. The molecule has 0 radical (unpaired) electrons. The molecule has 0 aliphatic rings. The van der Waals surface area contributed by atoms with Gasteiger partial charge in [-0.25, -0.2) is 10.1 Å². The molecule has 108 valence electrons. The Balaban J connectivity index is 0.00000200. The number of nitrogens with two attached hydrogens (primary N) is 1. The van der Waals surface area contributed by atoms with Crippen molar-refractivity contribution in [2.75, 3.05) is 11.3 Å². The summed E-state index contributed by atoms with van der Waals surface area (Å²) in [5.41, 5.74) is 1.55. The van der Waals surface area contributed by atoms with Crippen LogP contribution < -0.4 is 23.7 Å². The minimum absolute atomic E-state index is 0. The maximum Gasteiger partial charge on any atom is 0.417 e. The smallest absolute Gasteiger partial charge is 0.417 e. The van der Waals surface area contributed by atoms with Crippen molar-refractivity contribution in [3.05, 3.63) is 41.7 Å². The van der Waals surface area contributed by atoms with Crippen molar-refractivity contribution >= 4 is 12.2 Å². The number of aromatic nitrogens is 3. The number of benzene rings is 1. The second kappa shape index (κ2) is 6.24. The van der Waals surface area contributed by atoms with Crippen LogP contribution in [0.25, 0.3) is 0 Å². The average Bonchev–Trinajstić information content (AvgIpc) is 2.75. The highest BCUT2D eigenvalue weighted by Crippen LogP contribution is 2.31. The second-order valence-electron chi connectivity index (χ2n) is 3.52. The third kappa shape index (κ3) is 3.60. The molecule has 10 heteroatoms. The maximum atomic E-state index is 12.7. The summed E-state index contributed by atoms with van der Waals surface area (Å²) in [6.07, 6.45) is -2.17. The number of nitrogens with one attached hydrogen (secondary N) is 1. The zero-order chi connectivity index (χ0) is 13.9. The summed E-state index contributed by atoms with van der Waals surface area (Å²) < 4.78 is 39.1. The molecule has 1 heterocycles. The van der Waals surface area contributed by atoms with Gasteiger partial charge in [-0.3, -0.25) is 0 Å². The normalized spacial score (nSPS) is 11.3. The molecule has 0 aliphatic carbocycles. The van der Waals surface area contributed by atoms with Crippen molar-refractivity contribution in [1.29, 1.82) is 0 Å². The van der Waals surface area contributed by atoms with E-state index in [-0.39, 0.29) is 23.9 Å². The molecule has 3 N–H and O–H groups in total. The largest absolute Gasteiger partial charge is 1.00 e. The lowest BCUT2D eigenvalue weighted by Crippen LogP contribution is -3.00. The second-order valence-corrected chi connectivity index (χ2v) is 3.52. The lowest BCUT2D eigenvalue weighted by Gasteiger charge is -2.09. The van der Waals surface area contributed by atoms with E-state index < -0.39 is 11.7 Å². The molecule has 0 saturated heterocycles. The van der Waals surface area contributed by atoms with E-state index in [1.54, 1.807) is 0 Å². The Morgan fingerprint density at radius 3 is 2.60 bits per heavy atom. The van der Waals surface area contributed by atoms with Crippen molar-refractivity contribution in [3.63, 3.8) is 0 Å². The molecule has 0 fully saturated rings. The molecule has 0 atom stereocenters. The summed E-state index contributed by atoms with van der Waals surface area (Å²) in [5.74, 6) is 5.51. The van der Waals surface area contributed by atoms with Crippen LogP contribution in [0.1, 0.15) is 11.1 Å². The van der Waals surface area contributed by atoms with E-state index in [2.05, 4.69) is 20.7 Å². The van der Waals surface area contributed by atoms with Crippen LogP contribution in [-0.4, -0.2) is 21.1 Å². The lowest BCUT2D eigenvalue weighted by molar-refractivity contribution is -0.137. The minimum atomic E-state index is -4.43. The molecule has 0 unspecified atom stereocenters. The maximum absolute atomic E-state index is 12.7. The van der Waals surface area contributed by atoms with E-state index >= 15 is 0 Å². The third-order valence-electron chi connectivity index (χ3n) is 2.21. The number of anilines is 1. The van der Waals surface area contributed by atoms with Crippen LogP contribution in [0, 0.1) is 0 Å². The van der Waals surface area contributed by atoms with E-state index in [9.17, 15) is 13.2 Å². The van der Waals surface area contributed by atoms with E-state index in [4.69, 9.17) is 5.84 Å². The molecule has 2 aromatic rings. The molecule has 0 spiro atoms. The number of hydrazone groups is 1. The standard InChI is InChI=1S/C10H9F3N6.ClH/c11-10(12,13)8-4-2-1-3-7(8)5-15-17-9-18-16-6-19(9)14;/h1-6H,14H2,(H,17,18);1H/p-1. The highest BCUT2D eigenvalue weighted by Gasteiger charge is 2.32. The Hall–Kier alpha value is -2.29. The lowest BCUT2D eigenvalue weighted by atomic mass is 10.1. The van der Waals surface area contributed by atoms with Crippen LogP contribution in [0.4, 0.5) is 19.1 Å². The first kappa shape index (κ1) is 15.8.